The molecule has 0 aliphatic carbocycles. The lowest BCUT2D eigenvalue weighted by Crippen LogP contribution is -2.44. The first kappa shape index (κ1) is 36.3. The van der Waals surface area contributed by atoms with Crippen LogP contribution in [-0.2, 0) is 29.2 Å². The van der Waals surface area contributed by atoms with Gasteiger partial charge >= 0.3 is 12.2 Å². The number of alkyl carbamates (subject to hydrolysis) is 2. The molecule has 1 atom stereocenters. The predicted octanol–water partition coefficient (Wildman–Crippen LogP) is 7.62. The van der Waals surface area contributed by atoms with Crippen molar-refractivity contribution < 1.29 is 28.2 Å². The highest BCUT2D eigenvalue weighted by Gasteiger charge is 2.21. The lowest BCUT2D eigenvalue weighted by atomic mass is 10.1. The fourth-order valence-electron chi connectivity index (χ4n) is 5.82. The van der Waals surface area contributed by atoms with Crippen molar-refractivity contribution in [1.82, 2.24) is 25.5 Å². The summed E-state index contributed by atoms with van der Waals surface area (Å²) in [7, 11) is 0. The fraction of sp³-hybridized carbons (Fsp3) is 0.190. The zero-order valence-corrected chi connectivity index (χ0v) is 29.0. The smallest absolute Gasteiger partial charge is 0.407 e. The number of nitrogens with one attached hydrogen (secondary N) is 3. The van der Waals surface area contributed by atoms with Crippen LogP contribution >= 0.6 is 0 Å². The van der Waals surface area contributed by atoms with Gasteiger partial charge < -0.3 is 30.0 Å². The molecule has 53 heavy (non-hydrogen) atoms. The van der Waals surface area contributed by atoms with Crippen molar-refractivity contribution in [1.29, 1.82) is 0 Å². The Bertz CT molecular complexity index is 2110. The van der Waals surface area contributed by atoms with Gasteiger partial charge in [-0.2, -0.15) is 0 Å². The summed E-state index contributed by atoms with van der Waals surface area (Å²) in [6.45, 7) is 1.01. The summed E-state index contributed by atoms with van der Waals surface area (Å²) in [6, 6.07) is 39.9. The molecule has 0 fully saturated rings. The van der Waals surface area contributed by atoms with Crippen LogP contribution in [0.25, 0.3) is 22.2 Å². The third kappa shape index (κ3) is 10.5. The molecule has 3 amide bonds. The van der Waals surface area contributed by atoms with Crippen molar-refractivity contribution in [3.8, 4) is 11.1 Å². The quantitative estimate of drug-likeness (QED) is 0.0942. The molecule has 270 valence electrons. The van der Waals surface area contributed by atoms with Crippen molar-refractivity contribution in [2.75, 3.05) is 13.1 Å². The summed E-state index contributed by atoms with van der Waals surface area (Å²) >= 11 is 0. The Hall–Kier alpha value is -6.49. The molecular weight excluding hydrogens is 673 g/mol. The molecule has 1 heterocycles. The molecule has 11 heteroatoms. The SMILES string of the molecule is O=C(NCCC[C@@H](CNC(=O)c1nc2cc(-c3ccc(F)cc3)ccc2n1Cc1ccccc1)NC(=O)OCc1ccccc1)OCc1ccccc1. The maximum absolute atomic E-state index is 13.9. The van der Waals surface area contributed by atoms with Gasteiger partial charge in [-0.3, -0.25) is 4.79 Å². The van der Waals surface area contributed by atoms with Crippen LogP contribution in [0.4, 0.5) is 14.0 Å². The van der Waals surface area contributed by atoms with Crippen LogP contribution in [0.2, 0.25) is 0 Å². The van der Waals surface area contributed by atoms with Crippen molar-refractivity contribution in [3.63, 3.8) is 0 Å². The Morgan fingerprint density at radius 2 is 1.26 bits per heavy atom. The van der Waals surface area contributed by atoms with Gasteiger partial charge in [0.15, 0.2) is 5.82 Å². The molecule has 10 nitrogen and oxygen atoms in total. The number of nitrogens with zero attached hydrogens (tertiary/aromatic N) is 2. The highest BCUT2D eigenvalue weighted by molar-refractivity contribution is 5.95. The van der Waals surface area contributed by atoms with E-state index in [1.807, 2.05) is 114 Å². The van der Waals surface area contributed by atoms with Crippen LogP contribution in [0, 0.1) is 5.82 Å². The number of amides is 3. The third-order valence-corrected chi connectivity index (χ3v) is 8.57. The molecule has 0 spiro atoms. The van der Waals surface area contributed by atoms with E-state index in [9.17, 15) is 18.8 Å². The monoisotopic (exact) mass is 713 g/mol. The summed E-state index contributed by atoms with van der Waals surface area (Å²) in [5.74, 6) is -0.545. The number of benzene rings is 5. The molecule has 1 aromatic heterocycles. The molecule has 5 aromatic carbocycles. The molecule has 6 aromatic rings. The molecule has 0 saturated carbocycles. The number of carbonyl (C=O) groups is 3. The molecule has 0 radical (unpaired) electrons. The summed E-state index contributed by atoms with van der Waals surface area (Å²) in [5, 5.41) is 8.56. The van der Waals surface area contributed by atoms with E-state index >= 15 is 0 Å². The maximum atomic E-state index is 13.9. The highest BCUT2D eigenvalue weighted by Crippen LogP contribution is 2.26. The number of aromatic nitrogens is 2. The normalized spacial score (nSPS) is 11.4. The summed E-state index contributed by atoms with van der Waals surface area (Å²) < 4.78 is 26.2. The van der Waals surface area contributed by atoms with Gasteiger partial charge in [-0.25, -0.2) is 19.0 Å². The lowest BCUT2D eigenvalue weighted by Gasteiger charge is -2.19. The third-order valence-electron chi connectivity index (χ3n) is 8.57. The number of ether oxygens (including phenoxy) is 2. The number of imidazole rings is 1. The Kier molecular flexibility index (Phi) is 12.4. The molecule has 0 bridgehead atoms. The Labute approximate surface area is 307 Å². The van der Waals surface area contributed by atoms with Crippen molar-refractivity contribution >= 4 is 29.1 Å². The number of rotatable bonds is 15. The first-order valence-electron chi connectivity index (χ1n) is 17.4. The van der Waals surface area contributed by atoms with E-state index in [-0.39, 0.29) is 31.4 Å². The minimum Gasteiger partial charge on any atom is -0.445 e. The largest absolute Gasteiger partial charge is 0.445 e. The van der Waals surface area contributed by atoms with Crippen LogP contribution < -0.4 is 16.0 Å². The average molecular weight is 714 g/mol. The molecular formula is C42H40FN5O5. The van der Waals surface area contributed by atoms with Gasteiger partial charge in [-0.1, -0.05) is 109 Å². The van der Waals surface area contributed by atoms with Crippen molar-refractivity contribution in [2.45, 2.75) is 38.6 Å². The molecule has 0 saturated heterocycles. The number of hydrogen-bond donors (Lipinski definition) is 3. The van der Waals surface area contributed by atoms with Crippen LogP contribution in [0.3, 0.4) is 0 Å². The second kappa shape index (κ2) is 18.1. The van der Waals surface area contributed by atoms with E-state index in [0.717, 1.165) is 33.3 Å². The molecule has 0 aliphatic heterocycles. The summed E-state index contributed by atoms with van der Waals surface area (Å²) in [4.78, 5) is 43.8. The maximum Gasteiger partial charge on any atom is 0.407 e. The molecule has 6 rings (SSSR count). The van der Waals surface area contributed by atoms with Gasteiger partial charge in [0.1, 0.15) is 19.0 Å². The lowest BCUT2D eigenvalue weighted by molar-refractivity contribution is 0.0931. The molecule has 0 aliphatic rings. The standard InChI is InChI=1S/C42H40FN5O5/c43-35-21-18-33(19-22-35)34-20-23-38-37(25-34)47-39(48(38)27-30-11-4-1-5-12-30)40(49)45-26-36(46-42(51)53-29-32-15-8-3-9-16-32)17-10-24-44-41(50)52-28-31-13-6-2-7-14-31/h1-9,11-16,18-23,25,36H,10,17,24,26-29H2,(H,44,50)(H,45,49)(H,46,51)/t36-/m0/s1. The summed E-state index contributed by atoms with van der Waals surface area (Å²) in [6.07, 6.45) is -0.276. The van der Waals surface area contributed by atoms with Crippen LogP contribution in [0.15, 0.2) is 133 Å². The van der Waals surface area contributed by atoms with Gasteiger partial charge in [0, 0.05) is 25.7 Å². The van der Waals surface area contributed by atoms with Crippen LogP contribution in [0.5, 0.6) is 0 Å². The second-order valence-electron chi connectivity index (χ2n) is 12.5. The minimum atomic E-state index is -0.632. The fourth-order valence-corrected chi connectivity index (χ4v) is 5.82. The Balaban J connectivity index is 1.14. The first-order valence-corrected chi connectivity index (χ1v) is 17.4. The average Bonchev–Trinajstić information content (AvgIpc) is 3.55. The predicted molar refractivity (Wildman–Crippen MR) is 200 cm³/mol. The zero-order chi connectivity index (χ0) is 36.8. The van der Waals surface area contributed by atoms with E-state index < -0.39 is 24.1 Å². The van der Waals surface area contributed by atoms with Crippen LogP contribution in [-0.4, -0.2) is 46.8 Å². The zero-order valence-electron chi connectivity index (χ0n) is 29.0. The van der Waals surface area contributed by atoms with E-state index in [1.165, 1.54) is 12.1 Å². The highest BCUT2D eigenvalue weighted by atomic mass is 19.1. The minimum absolute atomic E-state index is 0.0765. The van der Waals surface area contributed by atoms with Gasteiger partial charge in [-0.15, -0.1) is 0 Å². The van der Waals surface area contributed by atoms with Gasteiger partial charge in [0.25, 0.3) is 5.91 Å². The van der Waals surface area contributed by atoms with E-state index in [2.05, 4.69) is 16.0 Å². The van der Waals surface area contributed by atoms with Crippen molar-refractivity contribution in [2.24, 2.45) is 0 Å². The number of halogens is 1. The van der Waals surface area contributed by atoms with E-state index in [0.29, 0.717) is 31.4 Å². The number of hydrogen-bond acceptors (Lipinski definition) is 6. The van der Waals surface area contributed by atoms with Gasteiger partial charge in [0.05, 0.1) is 11.0 Å². The van der Waals surface area contributed by atoms with Gasteiger partial charge in [-0.05, 0) is 64.9 Å². The summed E-state index contributed by atoms with van der Waals surface area (Å²) in [5.41, 5.74) is 5.73. The Morgan fingerprint density at radius 1 is 0.679 bits per heavy atom. The Morgan fingerprint density at radius 3 is 1.91 bits per heavy atom. The topological polar surface area (TPSA) is 124 Å². The van der Waals surface area contributed by atoms with E-state index in [1.54, 1.807) is 12.1 Å². The van der Waals surface area contributed by atoms with Crippen molar-refractivity contribution in [3.05, 3.63) is 162 Å². The van der Waals surface area contributed by atoms with Crippen LogP contribution in [0.1, 0.15) is 40.2 Å². The second-order valence-corrected chi connectivity index (χ2v) is 12.5. The molecule has 3 N–H and O–H groups in total. The number of carbonyl (C=O) groups excluding carboxylic acids is 3. The number of fused-ring (bicyclic) bond motifs is 1. The molecule has 0 unspecified atom stereocenters. The van der Waals surface area contributed by atoms with Gasteiger partial charge in [0.2, 0.25) is 0 Å². The van der Waals surface area contributed by atoms with E-state index in [4.69, 9.17) is 14.5 Å². The first-order chi connectivity index (χ1) is 25.9.